The van der Waals surface area contributed by atoms with E-state index in [-0.39, 0.29) is 0 Å². The number of rotatable bonds is 4. The quantitative estimate of drug-likeness (QED) is 0.836. The highest BCUT2D eigenvalue weighted by Crippen LogP contribution is 2.35. The Morgan fingerprint density at radius 2 is 2.12 bits per heavy atom. The molecule has 3 saturated heterocycles. The summed E-state index contributed by atoms with van der Waals surface area (Å²) in [6.45, 7) is 5.70. The highest BCUT2D eigenvalue weighted by atomic mass is 32.1. The first kappa shape index (κ1) is 16.6. The van der Waals surface area contributed by atoms with Crippen molar-refractivity contribution in [3.8, 4) is 0 Å². The van der Waals surface area contributed by atoms with Crippen molar-refractivity contribution in [1.29, 1.82) is 0 Å². The van der Waals surface area contributed by atoms with E-state index in [1.165, 1.54) is 44.5 Å². The second-order valence-corrected chi connectivity index (χ2v) is 8.61. The van der Waals surface area contributed by atoms with Gasteiger partial charge in [-0.25, -0.2) is 0 Å². The molecular formula is C19H29N3OS. The van der Waals surface area contributed by atoms with E-state index < -0.39 is 0 Å². The molecule has 132 valence electrons. The van der Waals surface area contributed by atoms with Gasteiger partial charge in [-0.2, -0.15) is 11.3 Å². The van der Waals surface area contributed by atoms with E-state index in [4.69, 9.17) is 0 Å². The predicted octanol–water partition coefficient (Wildman–Crippen LogP) is 2.31. The summed E-state index contributed by atoms with van der Waals surface area (Å²) in [6.07, 6.45) is 5.73. The van der Waals surface area contributed by atoms with Gasteiger partial charge in [-0.05, 0) is 74.1 Å². The fraction of sp³-hybridized carbons (Fsp3) is 0.737. The van der Waals surface area contributed by atoms with Crippen LogP contribution in [0.4, 0.5) is 0 Å². The maximum Gasteiger partial charge on any atom is 0.227 e. The number of amides is 1. The van der Waals surface area contributed by atoms with Crippen molar-refractivity contribution in [2.45, 2.75) is 44.2 Å². The van der Waals surface area contributed by atoms with E-state index >= 15 is 0 Å². The van der Waals surface area contributed by atoms with Gasteiger partial charge in [0.25, 0.3) is 0 Å². The molecule has 0 unspecified atom stereocenters. The Balaban J connectivity index is 1.33. The summed E-state index contributed by atoms with van der Waals surface area (Å²) in [5, 5.41) is 4.16. The maximum absolute atomic E-state index is 12.6. The van der Waals surface area contributed by atoms with Crippen LogP contribution in [0.25, 0.3) is 0 Å². The minimum absolute atomic E-state index is 0.317. The lowest BCUT2D eigenvalue weighted by Gasteiger charge is -2.37. The smallest absolute Gasteiger partial charge is 0.227 e. The summed E-state index contributed by atoms with van der Waals surface area (Å²) in [7, 11) is 2.31. The molecule has 1 amide bonds. The lowest BCUT2D eigenvalue weighted by molar-refractivity contribution is -0.132. The Morgan fingerprint density at radius 1 is 1.29 bits per heavy atom. The van der Waals surface area contributed by atoms with Gasteiger partial charge < -0.3 is 9.80 Å². The molecule has 0 aliphatic carbocycles. The molecule has 3 aliphatic rings. The predicted molar refractivity (Wildman–Crippen MR) is 98.3 cm³/mol. The molecule has 1 aromatic heterocycles. The van der Waals surface area contributed by atoms with E-state index in [0.29, 0.717) is 30.3 Å². The number of likely N-dealkylation sites (tertiary alicyclic amines) is 3. The lowest BCUT2D eigenvalue weighted by Crippen LogP contribution is -2.48. The van der Waals surface area contributed by atoms with Crippen molar-refractivity contribution in [1.82, 2.24) is 14.7 Å². The van der Waals surface area contributed by atoms with Gasteiger partial charge in [0.15, 0.2) is 0 Å². The number of carbonyl (C=O) groups excluding carboxylic acids is 1. The van der Waals surface area contributed by atoms with Crippen LogP contribution in [0.5, 0.6) is 0 Å². The molecule has 4 heterocycles. The molecule has 3 atom stereocenters. The van der Waals surface area contributed by atoms with Crippen LogP contribution in [0.1, 0.15) is 31.2 Å². The summed E-state index contributed by atoms with van der Waals surface area (Å²) >= 11 is 1.68. The van der Waals surface area contributed by atoms with Gasteiger partial charge in [0.2, 0.25) is 5.91 Å². The summed E-state index contributed by atoms with van der Waals surface area (Å²) in [6, 6.07) is 3.44. The van der Waals surface area contributed by atoms with Crippen LogP contribution in [-0.2, 0) is 11.2 Å². The number of nitrogens with zero attached hydrogens (tertiary/aromatic N) is 3. The van der Waals surface area contributed by atoms with Gasteiger partial charge in [-0.1, -0.05) is 0 Å². The Bertz CT molecular complexity index is 555. The van der Waals surface area contributed by atoms with E-state index in [1.807, 2.05) is 0 Å². The second kappa shape index (κ2) is 7.14. The Morgan fingerprint density at radius 3 is 2.88 bits per heavy atom. The largest absolute Gasteiger partial charge is 0.342 e. The number of piperidine rings is 1. The van der Waals surface area contributed by atoms with Gasteiger partial charge >= 0.3 is 0 Å². The molecule has 3 aliphatic heterocycles. The standard InChI is InChI=1S/C19H29N3OS/c1-20-17(13-21-6-2-3-7-21)11-16-12-22(8-4-18(16)20)19(23)10-15-5-9-24-14-15/h5,9,14,16-18H,2-4,6-8,10-13H2,1H3/t16-,17+,18+/m1/s1. The van der Waals surface area contributed by atoms with E-state index in [1.54, 1.807) is 11.3 Å². The van der Waals surface area contributed by atoms with Gasteiger partial charge in [0.1, 0.15) is 0 Å². The number of hydrogen-bond donors (Lipinski definition) is 0. The molecule has 0 spiro atoms. The normalized spacial score (nSPS) is 31.5. The van der Waals surface area contributed by atoms with E-state index in [2.05, 4.69) is 38.6 Å². The molecule has 4 nitrogen and oxygen atoms in total. The third-order valence-corrected chi connectivity index (χ3v) is 7.06. The Kier molecular flexibility index (Phi) is 4.93. The summed E-state index contributed by atoms with van der Waals surface area (Å²) in [4.78, 5) is 20.0. The summed E-state index contributed by atoms with van der Waals surface area (Å²) < 4.78 is 0. The van der Waals surface area contributed by atoms with Gasteiger partial charge in [-0.15, -0.1) is 0 Å². The average molecular weight is 348 g/mol. The fourth-order valence-corrected chi connectivity index (χ4v) is 5.62. The number of fused-ring (bicyclic) bond motifs is 1. The Labute approximate surface area is 149 Å². The molecule has 3 fully saturated rings. The molecule has 0 saturated carbocycles. The third kappa shape index (κ3) is 3.39. The average Bonchev–Trinajstić information content (AvgIpc) is 3.31. The van der Waals surface area contributed by atoms with Crippen molar-refractivity contribution in [2.75, 3.05) is 39.8 Å². The zero-order valence-corrected chi connectivity index (χ0v) is 15.5. The van der Waals surface area contributed by atoms with Crippen molar-refractivity contribution in [2.24, 2.45) is 5.92 Å². The molecule has 0 N–H and O–H groups in total. The molecule has 5 heteroatoms. The Hall–Kier alpha value is -0.910. The van der Waals surface area contributed by atoms with Crippen LogP contribution in [0.15, 0.2) is 16.8 Å². The monoisotopic (exact) mass is 347 g/mol. The van der Waals surface area contributed by atoms with E-state index in [0.717, 1.165) is 19.5 Å². The van der Waals surface area contributed by atoms with Crippen LogP contribution in [-0.4, -0.2) is 72.5 Å². The van der Waals surface area contributed by atoms with E-state index in [9.17, 15) is 4.79 Å². The lowest BCUT2D eigenvalue weighted by atomic mass is 9.92. The highest BCUT2D eigenvalue weighted by Gasteiger charge is 2.43. The fourth-order valence-electron chi connectivity index (χ4n) is 4.95. The molecule has 0 bridgehead atoms. The minimum atomic E-state index is 0.317. The van der Waals surface area contributed by atoms with Gasteiger partial charge in [-0.3, -0.25) is 9.69 Å². The first-order valence-corrected chi connectivity index (χ1v) is 10.4. The molecule has 24 heavy (non-hydrogen) atoms. The highest BCUT2D eigenvalue weighted by molar-refractivity contribution is 7.07. The van der Waals surface area contributed by atoms with Crippen molar-refractivity contribution in [3.05, 3.63) is 22.4 Å². The van der Waals surface area contributed by atoms with Crippen LogP contribution in [0.3, 0.4) is 0 Å². The zero-order valence-electron chi connectivity index (χ0n) is 14.7. The second-order valence-electron chi connectivity index (χ2n) is 7.83. The van der Waals surface area contributed by atoms with Crippen LogP contribution in [0.2, 0.25) is 0 Å². The summed E-state index contributed by atoms with van der Waals surface area (Å²) in [5.41, 5.74) is 1.17. The molecule has 1 aromatic rings. The SMILES string of the molecule is CN1[C@H](CN2CCCC2)C[C@@H]2CN(C(=O)Cc3ccsc3)CC[C@@H]21. The molecule has 0 aromatic carbocycles. The molecule has 4 rings (SSSR count). The van der Waals surface area contributed by atoms with Crippen molar-refractivity contribution >= 4 is 17.2 Å². The van der Waals surface area contributed by atoms with Crippen molar-refractivity contribution < 1.29 is 4.79 Å². The summed E-state index contributed by atoms with van der Waals surface area (Å²) in [5.74, 6) is 0.986. The first-order chi connectivity index (χ1) is 11.7. The zero-order chi connectivity index (χ0) is 16.5. The number of likely N-dealkylation sites (N-methyl/N-ethyl adjacent to an activating group) is 1. The van der Waals surface area contributed by atoms with Gasteiger partial charge in [0, 0.05) is 31.7 Å². The first-order valence-electron chi connectivity index (χ1n) is 9.44. The van der Waals surface area contributed by atoms with Crippen molar-refractivity contribution in [3.63, 3.8) is 0 Å². The third-order valence-electron chi connectivity index (χ3n) is 6.32. The molecule has 0 radical (unpaired) electrons. The number of carbonyl (C=O) groups is 1. The van der Waals surface area contributed by atoms with Crippen LogP contribution < -0.4 is 0 Å². The van der Waals surface area contributed by atoms with Crippen LogP contribution in [0, 0.1) is 5.92 Å². The maximum atomic E-state index is 12.6. The number of hydrogen-bond acceptors (Lipinski definition) is 4. The minimum Gasteiger partial charge on any atom is -0.342 e. The number of thiophene rings is 1. The molecular weight excluding hydrogens is 318 g/mol. The van der Waals surface area contributed by atoms with Gasteiger partial charge in [0.05, 0.1) is 6.42 Å². The van der Waals surface area contributed by atoms with Crippen LogP contribution >= 0.6 is 11.3 Å². The topological polar surface area (TPSA) is 26.8 Å².